The third kappa shape index (κ3) is 6.84. The van der Waals surface area contributed by atoms with Crippen LogP contribution in [0.25, 0.3) is 0 Å². The van der Waals surface area contributed by atoms with Crippen molar-refractivity contribution in [3.05, 3.63) is 58.7 Å². The second kappa shape index (κ2) is 8.70. The van der Waals surface area contributed by atoms with Crippen LogP contribution in [0.1, 0.15) is 126 Å². The third-order valence-electron chi connectivity index (χ3n) is 6.66. The molecule has 0 N–H and O–H groups in total. The van der Waals surface area contributed by atoms with E-state index in [-0.39, 0.29) is 26.7 Å². The lowest BCUT2D eigenvalue weighted by Crippen LogP contribution is -2.50. The minimum Gasteiger partial charge on any atom is -0.0621 e. The van der Waals surface area contributed by atoms with Crippen molar-refractivity contribution in [3.63, 3.8) is 0 Å². The van der Waals surface area contributed by atoms with Gasteiger partial charge in [0.25, 0.3) is 0 Å². The summed E-state index contributed by atoms with van der Waals surface area (Å²) in [7, 11) is -1.04. The van der Waals surface area contributed by atoms with Crippen LogP contribution in [0.4, 0.5) is 0 Å². The van der Waals surface area contributed by atoms with Crippen molar-refractivity contribution in [1.82, 2.24) is 0 Å². The summed E-state index contributed by atoms with van der Waals surface area (Å²) >= 11 is 0. The average molecular weight is 464 g/mol. The van der Waals surface area contributed by atoms with Crippen LogP contribution in [0.2, 0.25) is 5.04 Å². The first kappa shape index (κ1) is 27.9. The molecule has 0 spiro atoms. The number of rotatable bonds is 2. The second-order valence-electron chi connectivity index (χ2n) is 15.2. The van der Waals surface area contributed by atoms with E-state index in [1.165, 1.54) is 22.3 Å². The lowest BCUT2D eigenvalue weighted by Gasteiger charge is -2.35. The summed E-state index contributed by atoms with van der Waals surface area (Å²) in [5.74, 6) is 0. The fourth-order valence-electron chi connectivity index (χ4n) is 4.31. The highest BCUT2D eigenvalue weighted by molar-refractivity contribution is 6.87. The van der Waals surface area contributed by atoms with E-state index in [0.29, 0.717) is 0 Å². The van der Waals surface area contributed by atoms with Crippen LogP contribution in [0.3, 0.4) is 0 Å². The van der Waals surface area contributed by atoms with Crippen molar-refractivity contribution in [3.8, 4) is 0 Å². The molecule has 0 aliphatic heterocycles. The Labute approximate surface area is 208 Å². The number of hydrogen-bond donors (Lipinski definition) is 0. The lowest BCUT2D eigenvalue weighted by molar-refractivity contribution is 0.569. The molecule has 1 radical (unpaired) electrons. The number of hydrogen-bond acceptors (Lipinski definition) is 0. The Kier molecular flexibility index (Phi) is 7.36. The predicted molar refractivity (Wildman–Crippen MR) is 152 cm³/mol. The highest BCUT2D eigenvalue weighted by Crippen LogP contribution is 2.34. The van der Waals surface area contributed by atoms with Gasteiger partial charge in [-0.3, -0.25) is 0 Å². The smallest absolute Gasteiger partial charge is 0.0621 e. The summed E-state index contributed by atoms with van der Waals surface area (Å²) in [6.07, 6.45) is 0. The van der Waals surface area contributed by atoms with Crippen molar-refractivity contribution in [2.75, 3.05) is 0 Å². The van der Waals surface area contributed by atoms with Crippen molar-refractivity contribution in [2.24, 2.45) is 0 Å². The molecule has 0 aromatic heterocycles. The van der Waals surface area contributed by atoms with Gasteiger partial charge in [0.15, 0.2) is 0 Å². The molecule has 0 saturated heterocycles. The zero-order chi connectivity index (χ0) is 25.8. The highest BCUT2D eigenvalue weighted by atomic mass is 28.3. The van der Waals surface area contributed by atoms with Crippen LogP contribution in [0, 0.1) is 0 Å². The molecule has 0 unspecified atom stereocenters. The zero-order valence-corrected chi connectivity index (χ0v) is 25.5. The van der Waals surface area contributed by atoms with Crippen LogP contribution in [0.5, 0.6) is 0 Å². The van der Waals surface area contributed by atoms with E-state index in [2.05, 4.69) is 140 Å². The molecule has 2 aromatic carbocycles. The highest BCUT2D eigenvalue weighted by Gasteiger charge is 2.34. The molecule has 2 aromatic rings. The van der Waals surface area contributed by atoms with Gasteiger partial charge in [-0.1, -0.05) is 151 Å². The molecule has 0 nitrogen and oxygen atoms in total. The lowest BCUT2D eigenvalue weighted by atomic mass is 9.81. The van der Waals surface area contributed by atoms with Crippen LogP contribution in [-0.4, -0.2) is 8.80 Å². The van der Waals surface area contributed by atoms with Gasteiger partial charge < -0.3 is 0 Å². The summed E-state index contributed by atoms with van der Waals surface area (Å²) in [6, 6.07) is 15.1. The molecular formula is C32H51Si. The van der Waals surface area contributed by atoms with Gasteiger partial charge in [0, 0.05) is 0 Å². The summed E-state index contributed by atoms with van der Waals surface area (Å²) < 4.78 is 0. The van der Waals surface area contributed by atoms with Crippen LogP contribution >= 0.6 is 0 Å². The first-order valence-corrected chi connectivity index (χ1v) is 14.2. The van der Waals surface area contributed by atoms with Crippen molar-refractivity contribution >= 4 is 19.2 Å². The molecule has 0 amide bonds. The largest absolute Gasteiger partial charge is 0.127 e. The van der Waals surface area contributed by atoms with Gasteiger partial charge in [0.1, 0.15) is 8.80 Å². The van der Waals surface area contributed by atoms with E-state index in [1.807, 2.05) is 0 Å². The van der Waals surface area contributed by atoms with Crippen molar-refractivity contribution in [2.45, 2.75) is 131 Å². The number of benzene rings is 2. The molecular weight excluding hydrogens is 412 g/mol. The molecule has 0 atom stereocenters. The van der Waals surface area contributed by atoms with E-state index in [1.54, 1.807) is 10.4 Å². The Balaban J connectivity index is 2.93. The van der Waals surface area contributed by atoms with Gasteiger partial charge in [0.05, 0.1) is 0 Å². The van der Waals surface area contributed by atoms with E-state index in [4.69, 9.17) is 0 Å². The van der Waals surface area contributed by atoms with E-state index in [0.717, 1.165) is 0 Å². The first-order chi connectivity index (χ1) is 14.5. The maximum absolute atomic E-state index is 2.54. The fourth-order valence-corrected chi connectivity index (χ4v) is 7.57. The molecule has 1 heteroatoms. The minimum atomic E-state index is -1.04. The topological polar surface area (TPSA) is 0 Å². The second-order valence-corrected chi connectivity index (χ2v) is 18.6. The Morgan fingerprint density at radius 1 is 0.364 bits per heavy atom. The standard InChI is InChI=1S/C32H51Si/c1-28(2,3)22-16-23(29(4,5)6)19-26(18-22)33(32(13,14)15)27-20-24(30(7,8)9)17-25(21-27)31(10,11)12/h16-21H,1-15H3. The van der Waals surface area contributed by atoms with Gasteiger partial charge in [-0.15, -0.1) is 0 Å². The summed E-state index contributed by atoms with van der Waals surface area (Å²) in [6.45, 7) is 35.5. The molecule has 0 bridgehead atoms. The zero-order valence-electron chi connectivity index (χ0n) is 24.5. The Morgan fingerprint density at radius 2 is 0.576 bits per heavy atom. The SMILES string of the molecule is CC(C)(C)c1cc([Si](c2cc(C(C)(C)C)cc(C(C)(C)C)c2)C(C)(C)C)cc(C(C)(C)C)c1. The fraction of sp³-hybridized carbons (Fsp3) is 0.625. The van der Waals surface area contributed by atoms with Crippen LogP contribution in [-0.2, 0) is 21.7 Å². The van der Waals surface area contributed by atoms with E-state index < -0.39 is 8.80 Å². The maximum atomic E-state index is 2.54. The van der Waals surface area contributed by atoms with Gasteiger partial charge in [-0.25, -0.2) is 0 Å². The predicted octanol–water partition coefficient (Wildman–Crippen LogP) is 8.29. The van der Waals surface area contributed by atoms with Gasteiger partial charge in [0.2, 0.25) is 0 Å². The van der Waals surface area contributed by atoms with Gasteiger partial charge in [-0.2, -0.15) is 0 Å². The van der Waals surface area contributed by atoms with Crippen LogP contribution in [0.15, 0.2) is 36.4 Å². The molecule has 0 aliphatic carbocycles. The van der Waals surface area contributed by atoms with E-state index in [9.17, 15) is 0 Å². The van der Waals surface area contributed by atoms with Crippen molar-refractivity contribution < 1.29 is 0 Å². The molecule has 2 rings (SSSR count). The maximum Gasteiger partial charge on any atom is 0.127 e. The summed E-state index contributed by atoms with van der Waals surface area (Å²) in [5, 5.41) is 3.30. The van der Waals surface area contributed by atoms with Gasteiger partial charge >= 0.3 is 0 Å². The van der Waals surface area contributed by atoms with Crippen molar-refractivity contribution in [1.29, 1.82) is 0 Å². The first-order valence-electron chi connectivity index (χ1n) is 12.7. The Bertz CT molecular complexity index is 834. The van der Waals surface area contributed by atoms with Gasteiger partial charge in [-0.05, 0) is 49.0 Å². The molecule has 0 saturated carbocycles. The monoisotopic (exact) mass is 463 g/mol. The molecule has 0 fully saturated rings. The minimum absolute atomic E-state index is 0.130. The molecule has 0 heterocycles. The van der Waals surface area contributed by atoms with E-state index >= 15 is 0 Å². The molecule has 33 heavy (non-hydrogen) atoms. The summed E-state index contributed by atoms with van der Waals surface area (Å²) in [4.78, 5) is 0. The Morgan fingerprint density at radius 3 is 0.727 bits per heavy atom. The third-order valence-corrected chi connectivity index (χ3v) is 9.89. The average Bonchev–Trinajstić information content (AvgIpc) is 2.57. The molecule has 0 aliphatic rings. The Hall–Kier alpha value is -1.34. The quantitative estimate of drug-likeness (QED) is 0.393. The normalized spacial score (nSPS) is 14.2. The van der Waals surface area contributed by atoms with Crippen LogP contribution < -0.4 is 10.4 Å². The molecule has 183 valence electrons. The summed E-state index contributed by atoms with van der Waals surface area (Å²) in [5.41, 5.74) is 6.35.